The van der Waals surface area contributed by atoms with Crippen LogP contribution in [-0.4, -0.2) is 0 Å². The predicted octanol–water partition coefficient (Wildman–Crippen LogP) is 19.2. The molecule has 0 atom stereocenters. The zero-order chi connectivity index (χ0) is 46.4. The molecule has 0 bridgehead atoms. The van der Waals surface area contributed by atoms with Gasteiger partial charge in [-0.2, -0.15) is 0 Å². The van der Waals surface area contributed by atoms with Gasteiger partial charge in [0, 0.05) is 34.1 Å². The highest BCUT2D eigenvalue weighted by Gasteiger charge is 2.23. The molecule has 0 spiro atoms. The van der Waals surface area contributed by atoms with E-state index < -0.39 is 0 Å². The van der Waals surface area contributed by atoms with Crippen molar-refractivity contribution in [2.24, 2.45) is 0 Å². The predicted molar refractivity (Wildman–Crippen MR) is 299 cm³/mol. The molecule has 0 heterocycles. The smallest absolute Gasteiger partial charge is 0.0468 e. The van der Waals surface area contributed by atoms with Gasteiger partial charge in [0.25, 0.3) is 0 Å². The molecule has 0 aliphatic heterocycles. The SMILES string of the molecule is C1=Cc2cc(-c3cccc(-c4c5ccc(N(c6ccccc6)c6ccc7ccccc7c6)cc5c(-c5ccccc5)c5ccc(N(c6ccccc6)c6ccc7ccccc7c6)cc45)c3)ccc2CC1. The average molecular weight is 893 g/mol. The van der Waals surface area contributed by atoms with E-state index in [0.717, 1.165) is 47.0 Å². The van der Waals surface area contributed by atoms with Crippen LogP contribution in [0, 0.1) is 0 Å². The van der Waals surface area contributed by atoms with Gasteiger partial charge in [-0.3, -0.25) is 0 Å². The van der Waals surface area contributed by atoms with E-state index in [0.29, 0.717) is 0 Å². The van der Waals surface area contributed by atoms with Gasteiger partial charge in [-0.25, -0.2) is 0 Å². The standard InChI is InChI=1S/C68H48N2/c1-4-20-50(21-5-1)67-63-39-37-62(70(58-29-8-3-9-30-58)60-36-34-49-19-12-15-24-54(49)44-60)46-66(63)68(56-26-16-25-52(42-56)55-32-31-47-17-10-13-22-51(47)41-55)64-40-38-61(45-65(64)67)69(57-27-6-2-7-28-57)59-35-33-48-18-11-14-23-53(48)43-59/h1-9,11-16,18-46H,10,17H2. The molecule has 0 unspecified atom stereocenters. The Hall–Kier alpha value is -8.98. The van der Waals surface area contributed by atoms with Crippen molar-refractivity contribution in [2.45, 2.75) is 12.8 Å². The molecule has 0 fully saturated rings. The summed E-state index contributed by atoms with van der Waals surface area (Å²) in [5.41, 5.74) is 16.6. The van der Waals surface area contributed by atoms with Crippen molar-refractivity contribution in [2.75, 3.05) is 9.80 Å². The van der Waals surface area contributed by atoms with Crippen molar-refractivity contribution in [1.29, 1.82) is 0 Å². The van der Waals surface area contributed by atoms with E-state index in [4.69, 9.17) is 0 Å². The lowest BCUT2D eigenvalue weighted by Crippen LogP contribution is -2.10. The number of aryl methyl sites for hydroxylation is 1. The van der Waals surface area contributed by atoms with Crippen LogP contribution < -0.4 is 9.80 Å². The molecule has 2 nitrogen and oxygen atoms in total. The molecular formula is C68H48N2. The highest BCUT2D eigenvalue weighted by molar-refractivity contribution is 6.23. The zero-order valence-corrected chi connectivity index (χ0v) is 38.7. The Labute approximate surface area is 409 Å². The van der Waals surface area contributed by atoms with Crippen molar-refractivity contribution in [3.63, 3.8) is 0 Å². The van der Waals surface area contributed by atoms with Gasteiger partial charge in [-0.1, -0.05) is 182 Å². The summed E-state index contributed by atoms with van der Waals surface area (Å²) in [6.45, 7) is 0. The van der Waals surface area contributed by atoms with Gasteiger partial charge >= 0.3 is 0 Å². The van der Waals surface area contributed by atoms with Crippen molar-refractivity contribution in [3.8, 4) is 33.4 Å². The summed E-state index contributed by atoms with van der Waals surface area (Å²) in [6.07, 6.45) is 6.78. The third-order valence-corrected chi connectivity index (χ3v) is 14.2. The van der Waals surface area contributed by atoms with Gasteiger partial charge in [0.05, 0.1) is 0 Å². The molecule has 2 heteroatoms. The molecule has 1 aliphatic rings. The Balaban J connectivity index is 1.10. The van der Waals surface area contributed by atoms with Crippen LogP contribution in [0.4, 0.5) is 34.1 Å². The van der Waals surface area contributed by atoms with Gasteiger partial charge < -0.3 is 9.80 Å². The number of allylic oxidation sites excluding steroid dienone is 1. The minimum Gasteiger partial charge on any atom is -0.310 e. The summed E-state index contributed by atoms with van der Waals surface area (Å²) in [4.78, 5) is 4.81. The van der Waals surface area contributed by atoms with Gasteiger partial charge in [0.15, 0.2) is 0 Å². The van der Waals surface area contributed by atoms with Crippen molar-refractivity contribution >= 4 is 83.3 Å². The molecular weight excluding hydrogens is 845 g/mol. The van der Waals surface area contributed by atoms with Crippen LogP contribution in [0.1, 0.15) is 17.5 Å². The largest absolute Gasteiger partial charge is 0.310 e. The minimum absolute atomic E-state index is 1.09. The average Bonchev–Trinajstić information content (AvgIpc) is 3.43. The normalized spacial score (nSPS) is 12.1. The zero-order valence-electron chi connectivity index (χ0n) is 38.7. The summed E-state index contributed by atoms with van der Waals surface area (Å²) < 4.78 is 0. The molecule has 0 saturated heterocycles. The molecule has 1 aliphatic carbocycles. The quantitative estimate of drug-likeness (QED) is 0.133. The van der Waals surface area contributed by atoms with Crippen LogP contribution in [0.3, 0.4) is 0 Å². The summed E-state index contributed by atoms with van der Waals surface area (Å²) in [5.74, 6) is 0. The second-order valence-corrected chi connectivity index (χ2v) is 18.4. The third-order valence-electron chi connectivity index (χ3n) is 14.2. The van der Waals surface area contributed by atoms with Crippen LogP contribution in [-0.2, 0) is 6.42 Å². The molecule has 70 heavy (non-hydrogen) atoms. The Morgan fingerprint density at radius 3 is 1.31 bits per heavy atom. The number of hydrogen-bond acceptors (Lipinski definition) is 2. The Morgan fingerprint density at radius 2 is 0.729 bits per heavy atom. The molecule has 0 radical (unpaired) electrons. The highest BCUT2D eigenvalue weighted by atomic mass is 15.1. The molecule has 0 saturated carbocycles. The molecule has 0 aromatic heterocycles. The molecule has 13 rings (SSSR count). The van der Waals surface area contributed by atoms with Crippen LogP contribution in [0.25, 0.3) is 82.5 Å². The maximum Gasteiger partial charge on any atom is 0.0468 e. The lowest BCUT2D eigenvalue weighted by molar-refractivity contribution is 0.986. The highest BCUT2D eigenvalue weighted by Crippen LogP contribution is 2.49. The number of anilines is 6. The van der Waals surface area contributed by atoms with Crippen LogP contribution in [0.5, 0.6) is 0 Å². The Kier molecular flexibility index (Phi) is 10.4. The molecule has 12 aromatic carbocycles. The monoisotopic (exact) mass is 892 g/mol. The van der Waals surface area contributed by atoms with E-state index in [-0.39, 0.29) is 0 Å². The molecule has 330 valence electrons. The number of para-hydroxylation sites is 2. The first kappa shape index (κ1) is 41.2. The fourth-order valence-electron chi connectivity index (χ4n) is 10.9. The molecule has 0 amide bonds. The van der Waals surface area contributed by atoms with E-state index in [2.05, 4.69) is 277 Å². The second-order valence-electron chi connectivity index (χ2n) is 18.4. The number of nitrogens with zero attached hydrogens (tertiary/aromatic N) is 2. The summed E-state index contributed by atoms with van der Waals surface area (Å²) >= 11 is 0. The first-order valence-corrected chi connectivity index (χ1v) is 24.4. The van der Waals surface area contributed by atoms with E-state index in [1.165, 1.54) is 87.6 Å². The number of hydrogen-bond donors (Lipinski definition) is 0. The van der Waals surface area contributed by atoms with Gasteiger partial charge in [-0.05, 0) is 185 Å². The molecule has 0 N–H and O–H groups in total. The van der Waals surface area contributed by atoms with Crippen molar-refractivity contribution < 1.29 is 0 Å². The van der Waals surface area contributed by atoms with Gasteiger partial charge in [-0.15, -0.1) is 0 Å². The maximum atomic E-state index is 2.44. The summed E-state index contributed by atoms with van der Waals surface area (Å²) in [7, 11) is 0. The fourth-order valence-corrected chi connectivity index (χ4v) is 10.9. The van der Waals surface area contributed by atoms with Crippen LogP contribution in [0.15, 0.2) is 261 Å². The second kappa shape index (κ2) is 17.6. The van der Waals surface area contributed by atoms with E-state index in [9.17, 15) is 0 Å². The van der Waals surface area contributed by atoms with Gasteiger partial charge in [0.2, 0.25) is 0 Å². The first-order valence-electron chi connectivity index (χ1n) is 24.4. The summed E-state index contributed by atoms with van der Waals surface area (Å²) in [5, 5.41) is 9.64. The number of rotatable bonds is 9. The topological polar surface area (TPSA) is 6.48 Å². The van der Waals surface area contributed by atoms with E-state index >= 15 is 0 Å². The van der Waals surface area contributed by atoms with Gasteiger partial charge in [0.1, 0.15) is 0 Å². The minimum atomic E-state index is 1.09. The van der Waals surface area contributed by atoms with E-state index in [1.54, 1.807) is 0 Å². The number of benzene rings is 12. The maximum absolute atomic E-state index is 2.44. The fraction of sp³-hybridized carbons (Fsp3) is 0.0294. The van der Waals surface area contributed by atoms with Crippen molar-refractivity contribution in [1.82, 2.24) is 0 Å². The Morgan fingerprint density at radius 1 is 0.271 bits per heavy atom. The summed E-state index contributed by atoms with van der Waals surface area (Å²) in [6, 6.07) is 93.9. The first-order chi connectivity index (χ1) is 34.7. The van der Waals surface area contributed by atoms with Crippen LogP contribution >= 0.6 is 0 Å². The Bertz CT molecular complexity index is 3950. The third kappa shape index (κ3) is 7.48. The lowest BCUT2D eigenvalue weighted by Gasteiger charge is -2.28. The lowest BCUT2D eigenvalue weighted by atomic mass is 9.84. The van der Waals surface area contributed by atoms with Crippen molar-refractivity contribution in [3.05, 3.63) is 272 Å². The van der Waals surface area contributed by atoms with E-state index in [1.807, 2.05) is 0 Å². The number of fused-ring (bicyclic) bond motifs is 5. The van der Waals surface area contributed by atoms with Crippen LogP contribution in [0.2, 0.25) is 0 Å². The molecule has 12 aromatic rings.